The highest BCUT2D eigenvalue weighted by Crippen LogP contribution is 2.31. The molecule has 0 amide bonds. The lowest BCUT2D eigenvalue weighted by Crippen LogP contribution is -1.92. The Morgan fingerprint density at radius 2 is 1.84 bits per heavy atom. The second kappa shape index (κ2) is 5.98. The molecule has 0 saturated heterocycles. The van der Waals surface area contributed by atoms with E-state index in [0.29, 0.717) is 10.7 Å². The van der Waals surface area contributed by atoms with Crippen molar-refractivity contribution in [1.29, 1.82) is 0 Å². The number of anilines is 1. The van der Waals surface area contributed by atoms with E-state index in [0.717, 1.165) is 29.9 Å². The third kappa shape index (κ3) is 3.42. The van der Waals surface area contributed by atoms with Crippen LogP contribution in [0.15, 0.2) is 36.4 Å². The van der Waals surface area contributed by atoms with Crippen molar-refractivity contribution in [2.24, 2.45) is 0 Å². The molecule has 0 spiro atoms. The van der Waals surface area contributed by atoms with E-state index in [1.807, 2.05) is 25.1 Å². The summed E-state index contributed by atoms with van der Waals surface area (Å²) in [6.45, 7) is 4.12. The maximum Gasteiger partial charge on any atom is 0.131 e. The number of rotatable bonds is 4. The number of ether oxygens (including phenoxy) is 1. The minimum Gasteiger partial charge on any atom is -0.457 e. The Labute approximate surface area is 119 Å². The Morgan fingerprint density at radius 3 is 2.47 bits per heavy atom. The molecule has 19 heavy (non-hydrogen) atoms. The minimum absolute atomic E-state index is 0.517. The second-order valence-corrected chi connectivity index (χ2v) is 5.04. The lowest BCUT2D eigenvalue weighted by molar-refractivity contribution is 0.479. The summed E-state index contributed by atoms with van der Waals surface area (Å²) < 4.78 is 5.84. The Hall–Kier alpha value is -1.67. The van der Waals surface area contributed by atoms with E-state index in [2.05, 4.69) is 19.1 Å². The number of aryl methyl sites for hydroxylation is 2. The van der Waals surface area contributed by atoms with Crippen LogP contribution in [-0.2, 0) is 6.42 Å². The van der Waals surface area contributed by atoms with Gasteiger partial charge in [0, 0.05) is 6.07 Å². The molecule has 0 aliphatic heterocycles. The zero-order chi connectivity index (χ0) is 13.8. The molecule has 2 aromatic carbocycles. The average Bonchev–Trinajstić information content (AvgIpc) is 2.38. The van der Waals surface area contributed by atoms with Gasteiger partial charge in [0.25, 0.3) is 0 Å². The molecular weight excluding hydrogens is 258 g/mol. The average molecular weight is 276 g/mol. The van der Waals surface area contributed by atoms with E-state index in [1.165, 1.54) is 5.56 Å². The number of benzene rings is 2. The maximum absolute atomic E-state index is 6.01. The van der Waals surface area contributed by atoms with Gasteiger partial charge in [-0.2, -0.15) is 0 Å². The van der Waals surface area contributed by atoms with Gasteiger partial charge in [-0.15, -0.1) is 0 Å². The third-order valence-electron chi connectivity index (χ3n) is 2.98. The Kier molecular flexibility index (Phi) is 4.33. The predicted molar refractivity (Wildman–Crippen MR) is 81.1 cm³/mol. The van der Waals surface area contributed by atoms with Crippen LogP contribution in [0.3, 0.4) is 0 Å². The second-order valence-electron chi connectivity index (χ2n) is 4.64. The van der Waals surface area contributed by atoms with Crippen molar-refractivity contribution in [2.45, 2.75) is 26.7 Å². The summed E-state index contributed by atoms with van der Waals surface area (Å²) >= 11 is 6.01. The van der Waals surface area contributed by atoms with Crippen LogP contribution in [-0.4, -0.2) is 0 Å². The summed E-state index contributed by atoms with van der Waals surface area (Å²) in [5.41, 5.74) is 8.62. The van der Waals surface area contributed by atoms with Crippen LogP contribution in [0.2, 0.25) is 5.02 Å². The number of halogens is 1. The first-order valence-corrected chi connectivity index (χ1v) is 6.80. The van der Waals surface area contributed by atoms with Gasteiger partial charge in [-0.3, -0.25) is 0 Å². The van der Waals surface area contributed by atoms with Crippen LogP contribution >= 0.6 is 11.6 Å². The first-order valence-electron chi connectivity index (χ1n) is 6.42. The van der Waals surface area contributed by atoms with Gasteiger partial charge in [0.05, 0.1) is 10.7 Å². The van der Waals surface area contributed by atoms with Crippen molar-refractivity contribution < 1.29 is 4.74 Å². The molecule has 2 N–H and O–H groups in total. The highest BCUT2D eigenvalue weighted by Gasteiger charge is 2.06. The van der Waals surface area contributed by atoms with Gasteiger partial charge in [0.2, 0.25) is 0 Å². The van der Waals surface area contributed by atoms with E-state index in [-0.39, 0.29) is 0 Å². The molecule has 0 atom stereocenters. The van der Waals surface area contributed by atoms with Crippen molar-refractivity contribution in [1.82, 2.24) is 0 Å². The van der Waals surface area contributed by atoms with Crippen LogP contribution in [0.1, 0.15) is 24.5 Å². The standard InChI is InChI=1S/C16H18ClNO/c1-3-4-12-5-7-13(8-6-12)19-16-10-14(17)15(18)9-11(16)2/h5-10H,3-4,18H2,1-2H3. The molecule has 0 fully saturated rings. The summed E-state index contributed by atoms with van der Waals surface area (Å²) in [5, 5.41) is 0.517. The van der Waals surface area contributed by atoms with E-state index in [4.69, 9.17) is 22.1 Å². The highest BCUT2D eigenvalue weighted by molar-refractivity contribution is 6.33. The van der Waals surface area contributed by atoms with E-state index < -0.39 is 0 Å². The molecule has 0 aromatic heterocycles. The lowest BCUT2D eigenvalue weighted by atomic mass is 10.1. The van der Waals surface area contributed by atoms with E-state index >= 15 is 0 Å². The molecule has 0 heterocycles. The predicted octanol–water partition coefficient (Wildman–Crippen LogP) is 4.98. The maximum atomic E-state index is 6.01. The molecule has 0 radical (unpaired) electrons. The summed E-state index contributed by atoms with van der Waals surface area (Å²) in [6, 6.07) is 11.7. The van der Waals surface area contributed by atoms with Gasteiger partial charge in [-0.1, -0.05) is 37.1 Å². The summed E-state index contributed by atoms with van der Waals surface area (Å²) in [4.78, 5) is 0. The van der Waals surface area contributed by atoms with Crippen LogP contribution in [0, 0.1) is 6.92 Å². The zero-order valence-electron chi connectivity index (χ0n) is 11.2. The normalized spacial score (nSPS) is 10.5. The number of hydrogen-bond donors (Lipinski definition) is 1. The molecule has 2 rings (SSSR count). The topological polar surface area (TPSA) is 35.2 Å². The van der Waals surface area contributed by atoms with Crippen molar-refractivity contribution in [2.75, 3.05) is 5.73 Å². The Bertz CT molecular complexity index is 564. The van der Waals surface area contributed by atoms with Crippen LogP contribution < -0.4 is 10.5 Å². The van der Waals surface area contributed by atoms with Crippen molar-refractivity contribution in [3.63, 3.8) is 0 Å². The van der Waals surface area contributed by atoms with Gasteiger partial charge < -0.3 is 10.5 Å². The fourth-order valence-corrected chi connectivity index (χ4v) is 2.09. The lowest BCUT2D eigenvalue weighted by Gasteiger charge is -2.11. The third-order valence-corrected chi connectivity index (χ3v) is 3.31. The zero-order valence-corrected chi connectivity index (χ0v) is 12.0. The van der Waals surface area contributed by atoms with Gasteiger partial charge in [-0.25, -0.2) is 0 Å². The highest BCUT2D eigenvalue weighted by atomic mass is 35.5. The molecule has 0 aliphatic rings. The Balaban J connectivity index is 2.19. The molecule has 0 saturated carbocycles. The summed E-state index contributed by atoms with van der Waals surface area (Å²) in [7, 11) is 0. The molecular formula is C16H18ClNO. The smallest absolute Gasteiger partial charge is 0.131 e. The first kappa shape index (κ1) is 13.8. The van der Waals surface area contributed by atoms with Gasteiger partial charge in [-0.05, 0) is 42.7 Å². The van der Waals surface area contributed by atoms with Crippen molar-refractivity contribution in [3.8, 4) is 11.5 Å². The molecule has 2 aromatic rings. The van der Waals surface area contributed by atoms with E-state index in [1.54, 1.807) is 6.07 Å². The van der Waals surface area contributed by atoms with Gasteiger partial charge >= 0.3 is 0 Å². The van der Waals surface area contributed by atoms with Crippen LogP contribution in [0.5, 0.6) is 11.5 Å². The summed E-state index contributed by atoms with van der Waals surface area (Å²) in [6.07, 6.45) is 2.24. The molecule has 100 valence electrons. The fraction of sp³-hybridized carbons (Fsp3) is 0.250. The van der Waals surface area contributed by atoms with Gasteiger partial charge in [0.1, 0.15) is 11.5 Å². The largest absolute Gasteiger partial charge is 0.457 e. The van der Waals surface area contributed by atoms with Gasteiger partial charge in [0.15, 0.2) is 0 Å². The number of hydrogen-bond acceptors (Lipinski definition) is 2. The molecule has 2 nitrogen and oxygen atoms in total. The van der Waals surface area contributed by atoms with Crippen molar-refractivity contribution in [3.05, 3.63) is 52.5 Å². The van der Waals surface area contributed by atoms with Crippen LogP contribution in [0.25, 0.3) is 0 Å². The van der Waals surface area contributed by atoms with E-state index in [9.17, 15) is 0 Å². The fourth-order valence-electron chi connectivity index (χ4n) is 1.94. The minimum atomic E-state index is 0.517. The molecule has 3 heteroatoms. The molecule has 0 bridgehead atoms. The first-order chi connectivity index (χ1) is 9.10. The quantitative estimate of drug-likeness (QED) is 0.799. The number of nitrogens with two attached hydrogens (primary N) is 1. The van der Waals surface area contributed by atoms with Crippen molar-refractivity contribution >= 4 is 17.3 Å². The Morgan fingerprint density at radius 1 is 1.16 bits per heavy atom. The number of nitrogen functional groups attached to an aromatic ring is 1. The SMILES string of the molecule is CCCc1ccc(Oc2cc(Cl)c(N)cc2C)cc1. The van der Waals surface area contributed by atoms with Crippen LogP contribution in [0.4, 0.5) is 5.69 Å². The molecule has 0 aliphatic carbocycles. The summed E-state index contributed by atoms with van der Waals surface area (Å²) in [5.74, 6) is 1.55. The molecule has 0 unspecified atom stereocenters. The monoisotopic (exact) mass is 275 g/mol.